The molecule has 3 aromatic heterocycles. The molecule has 0 amide bonds. The molecule has 0 fully saturated rings. The highest BCUT2D eigenvalue weighted by Gasteiger charge is 2.27. The third kappa shape index (κ3) is 5.08. The Labute approximate surface area is 187 Å². The van der Waals surface area contributed by atoms with Crippen molar-refractivity contribution in [2.45, 2.75) is 30.1 Å². The number of aromatic amines is 1. The maximum absolute atomic E-state index is 12.8. The Kier molecular flexibility index (Phi) is 6.04. The first-order valence-corrected chi connectivity index (χ1v) is 11.7. The van der Waals surface area contributed by atoms with Crippen LogP contribution in [-0.2, 0) is 5.75 Å². The fourth-order valence-corrected chi connectivity index (χ4v) is 5.63. The van der Waals surface area contributed by atoms with E-state index in [-0.39, 0.29) is 10.7 Å². The smallest absolute Gasteiger partial charge is 0.351 e. The van der Waals surface area contributed by atoms with Gasteiger partial charge in [0.05, 0.1) is 11.1 Å². The molecule has 1 aromatic carbocycles. The minimum atomic E-state index is -4.33. The molecule has 0 saturated carbocycles. The van der Waals surface area contributed by atoms with Crippen LogP contribution < -0.4 is 10.9 Å². The van der Waals surface area contributed by atoms with Crippen LogP contribution in [0, 0.1) is 13.8 Å². The maximum Gasteiger partial charge on any atom is 0.405 e. The lowest BCUT2D eigenvalue weighted by Gasteiger charge is -2.05. The van der Waals surface area contributed by atoms with Crippen LogP contribution >= 0.6 is 34.4 Å². The summed E-state index contributed by atoms with van der Waals surface area (Å²) in [6, 6.07) is 8.00. The molecule has 12 heteroatoms. The fourth-order valence-electron chi connectivity index (χ4n) is 2.95. The molecule has 0 radical (unpaired) electrons. The Morgan fingerprint density at radius 2 is 1.87 bits per heavy atom. The first-order chi connectivity index (χ1) is 14.7. The van der Waals surface area contributed by atoms with E-state index < -0.39 is 12.7 Å². The molecule has 2 N–H and O–H groups in total. The number of nitrogens with one attached hydrogen (secondary N) is 2. The van der Waals surface area contributed by atoms with Gasteiger partial charge >= 0.3 is 6.18 Å². The van der Waals surface area contributed by atoms with Gasteiger partial charge in [-0.3, -0.25) is 4.79 Å². The van der Waals surface area contributed by atoms with Crippen LogP contribution in [0.1, 0.15) is 16.3 Å². The summed E-state index contributed by atoms with van der Waals surface area (Å²) >= 11 is 3.73. The van der Waals surface area contributed by atoms with Gasteiger partial charge in [-0.25, -0.2) is 4.98 Å². The fraction of sp³-hybridized carbons (Fsp3) is 0.263. The number of alkyl halides is 3. The number of anilines is 1. The van der Waals surface area contributed by atoms with Crippen LogP contribution in [0.3, 0.4) is 0 Å². The van der Waals surface area contributed by atoms with Crippen molar-refractivity contribution in [1.82, 2.24) is 20.2 Å². The minimum absolute atomic E-state index is 0.0911. The van der Waals surface area contributed by atoms with Crippen molar-refractivity contribution in [1.29, 1.82) is 0 Å². The molecule has 3 heterocycles. The molecular weight excluding hydrogens is 467 g/mol. The van der Waals surface area contributed by atoms with Crippen molar-refractivity contribution in [3.8, 4) is 11.1 Å². The van der Waals surface area contributed by atoms with Crippen molar-refractivity contribution in [2.24, 2.45) is 0 Å². The summed E-state index contributed by atoms with van der Waals surface area (Å²) in [7, 11) is 0. The molecular formula is C19H16F3N5OS3. The molecule has 0 unspecified atom stereocenters. The number of nitrogens with zero attached hydrogens (tertiary/aromatic N) is 3. The van der Waals surface area contributed by atoms with E-state index in [9.17, 15) is 18.0 Å². The lowest BCUT2D eigenvalue weighted by molar-refractivity contribution is -0.115. The van der Waals surface area contributed by atoms with Crippen molar-refractivity contribution >= 4 is 49.8 Å². The number of thiophene rings is 1. The van der Waals surface area contributed by atoms with Gasteiger partial charge in [-0.2, -0.15) is 13.2 Å². The van der Waals surface area contributed by atoms with E-state index in [0.717, 1.165) is 32.9 Å². The molecule has 31 heavy (non-hydrogen) atoms. The molecule has 0 spiro atoms. The van der Waals surface area contributed by atoms with Gasteiger partial charge in [-0.15, -0.1) is 21.5 Å². The highest BCUT2D eigenvalue weighted by atomic mass is 32.2. The Morgan fingerprint density at radius 3 is 2.58 bits per heavy atom. The summed E-state index contributed by atoms with van der Waals surface area (Å²) in [6.07, 6.45) is -4.33. The van der Waals surface area contributed by atoms with Crippen molar-refractivity contribution in [3.05, 3.63) is 50.9 Å². The second kappa shape index (κ2) is 8.60. The number of fused-ring (bicyclic) bond motifs is 1. The maximum atomic E-state index is 12.8. The number of thioether (sulfide) groups is 1. The summed E-state index contributed by atoms with van der Waals surface area (Å²) in [5.41, 5.74) is 2.78. The Bertz CT molecular complexity index is 1280. The van der Waals surface area contributed by atoms with E-state index >= 15 is 0 Å². The molecule has 0 bridgehead atoms. The second-order valence-corrected chi connectivity index (χ2v) is 10.1. The third-order valence-corrected chi connectivity index (χ3v) is 7.33. The van der Waals surface area contributed by atoms with Crippen LogP contribution in [0.5, 0.6) is 0 Å². The standard InChI is InChI=1S/C19H16F3N5OS3/c1-9-3-5-11(6-4-9)13-10(2)30-16-14(13)15(28)24-12(25-16)7-29-18-27-26-17(31-18)23-8-19(20,21)22/h3-6H,7-8H2,1-2H3,(H,23,26)(H,24,25,28). The van der Waals surface area contributed by atoms with Crippen LogP contribution in [0.25, 0.3) is 21.3 Å². The molecule has 4 aromatic rings. The zero-order chi connectivity index (χ0) is 22.2. The van der Waals surface area contributed by atoms with Crippen molar-refractivity contribution < 1.29 is 13.2 Å². The van der Waals surface area contributed by atoms with Gasteiger partial charge in [0.1, 0.15) is 17.2 Å². The predicted octanol–water partition coefficient (Wildman–Crippen LogP) is 5.39. The number of rotatable bonds is 6. The van der Waals surface area contributed by atoms with E-state index in [2.05, 4.69) is 25.5 Å². The van der Waals surface area contributed by atoms with Crippen LogP contribution in [0.4, 0.5) is 18.3 Å². The number of halogens is 3. The lowest BCUT2D eigenvalue weighted by atomic mass is 10.0. The SMILES string of the molecule is Cc1ccc(-c2c(C)sc3nc(CSc4nnc(NCC(F)(F)F)s4)[nH]c(=O)c23)cc1. The predicted molar refractivity (Wildman–Crippen MR) is 119 cm³/mol. The highest BCUT2D eigenvalue weighted by Crippen LogP contribution is 2.36. The van der Waals surface area contributed by atoms with Gasteiger partial charge in [0.15, 0.2) is 4.34 Å². The zero-order valence-corrected chi connectivity index (χ0v) is 18.8. The summed E-state index contributed by atoms with van der Waals surface area (Å²) in [5.74, 6) is 0.787. The Hall–Kier alpha value is -2.44. The molecule has 4 rings (SSSR count). The summed E-state index contributed by atoms with van der Waals surface area (Å²) in [6.45, 7) is 2.80. The van der Waals surface area contributed by atoms with Gasteiger partial charge < -0.3 is 10.3 Å². The van der Waals surface area contributed by atoms with E-state index in [0.29, 0.717) is 26.1 Å². The topological polar surface area (TPSA) is 83.6 Å². The highest BCUT2D eigenvalue weighted by molar-refractivity contribution is 8.00. The monoisotopic (exact) mass is 483 g/mol. The average Bonchev–Trinajstić information content (AvgIpc) is 3.29. The summed E-state index contributed by atoms with van der Waals surface area (Å²) in [4.78, 5) is 21.9. The first kappa shape index (κ1) is 21.8. The quantitative estimate of drug-likeness (QED) is 0.358. The van der Waals surface area contributed by atoms with Crippen molar-refractivity contribution in [3.63, 3.8) is 0 Å². The number of H-pyrrole nitrogens is 1. The minimum Gasteiger partial charge on any atom is -0.351 e. The van der Waals surface area contributed by atoms with Gasteiger partial charge in [0.2, 0.25) is 5.13 Å². The number of aryl methyl sites for hydroxylation is 2. The van der Waals surface area contributed by atoms with E-state index in [1.807, 2.05) is 38.1 Å². The molecule has 0 aliphatic rings. The van der Waals surface area contributed by atoms with Gasteiger partial charge in [0, 0.05) is 10.4 Å². The Morgan fingerprint density at radius 1 is 1.13 bits per heavy atom. The van der Waals surface area contributed by atoms with E-state index in [1.54, 1.807) is 0 Å². The summed E-state index contributed by atoms with van der Waals surface area (Å²) < 4.78 is 37.3. The number of hydrogen-bond donors (Lipinski definition) is 2. The van der Waals surface area contributed by atoms with Gasteiger partial charge in [-0.05, 0) is 19.4 Å². The molecule has 6 nitrogen and oxygen atoms in total. The van der Waals surface area contributed by atoms with E-state index in [1.165, 1.54) is 23.1 Å². The molecule has 162 valence electrons. The normalized spacial score (nSPS) is 11.9. The lowest BCUT2D eigenvalue weighted by Crippen LogP contribution is -2.21. The van der Waals surface area contributed by atoms with Gasteiger partial charge in [-0.1, -0.05) is 52.9 Å². The largest absolute Gasteiger partial charge is 0.405 e. The number of aromatic nitrogens is 4. The zero-order valence-electron chi connectivity index (χ0n) is 16.3. The Balaban J connectivity index is 1.53. The molecule has 0 atom stereocenters. The van der Waals surface area contributed by atoms with Crippen molar-refractivity contribution in [2.75, 3.05) is 11.9 Å². The second-order valence-electron chi connectivity index (χ2n) is 6.72. The van der Waals surface area contributed by atoms with Crippen LogP contribution in [-0.4, -0.2) is 32.9 Å². The first-order valence-electron chi connectivity index (χ1n) is 9.06. The molecule has 0 saturated heterocycles. The number of hydrogen-bond acceptors (Lipinski definition) is 8. The third-order valence-electron chi connectivity index (χ3n) is 4.31. The van der Waals surface area contributed by atoms with E-state index in [4.69, 9.17) is 0 Å². The van der Waals surface area contributed by atoms with Crippen LogP contribution in [0.2, 0.25) is 0 Å². The molecule has 0 aliphatic heterocycles. The average molecular weight is 484 g/mol. The summed E-state index contributed by atoms with van der Waals surface area (Å²) in [5, 5.41) is 10.4. The molecule has 0 aliphatic carbocycles. The van der Waals surface area contributed by atoms with Gasteiger partial charge in [0.25, 0.3) is 5.56 Å². The number of benzene rings is 1. The van der Waals surface area contributed by atoms with Crippen LogP contribution in [0.15, 0.2) is 33.4 Å².